The van der Waals surface area contributed by atoms with Crippen molar-refractivity contribution in [3.63, 3.8) is 0 Å². The van der Waals surface area contributed by atoms with Gasteiger partial charge in [-0.25, -0.2) is 14.6 Å². The molecule has 11 heteroatoms. The predicted octanol–water partition coefficient (Wildman–Crippen LogP) is 5.07. The number of carbonyl (C=O) groups is 2. The molecule has 1 fully saturated rings. The second-order valence-electron chi connectivity index (χ2n) is 10.6. The molecule has 0 spiro atoms. The Hall–Kier alpha value is -3.96. The smallest absolute Gasteiger partial charge is 0.326 e. The number of amides is 3. The number of ether oxygens (including phenoxy) is 1. The number of fused-ring (bicyclic) bond motifs is 1. The molecule has 0 atom stereocenters. The number of nitrogens with zero attached hydrogens (tertiary/aromatic N) is 4. The summed E-state index contributed by atoms with van der Waals surface area (Å²) >= 11 is 1.36. The van der Waals surface area contributed by atoms with Gasteiger partial charge in [0, 0.05) is 43.9 Å². The largest absolute Gasteiger partial charge is 0.383 e. The van der Waals surface area contributed by atoms with Crippen LogP contribution in [-0.2, 0) is 11.3 Å². The molecule has 0 radical (unpaired) electrons. The molecule has 1 aliphatic rings. The molecule has 10 nitrogen and oxygen atoms in total. The summed E-state index contributed by atoms with van der Waals surface area (Å²) < 4.78 is 7.03. The van der Waals surface area contributed by atoms with Crippen LogP contribution < -0.4 is 11.0 Å². The van der Waals surface area contributed by atoms with Gasteiger partial charge in [-0.1, -0.05) is 38.1 Å². The minimum absolute atomic E-state index is 0.0307. The number of aromatic amines is 1. The number of piperidine rings is 1. The standard InChI is InChI=1S/C30H36N6O4S/c1-20(2)21-8-10-22(11-9-21)31-29(38)35(16-17-40-3)18-27-32-25(19-41-27)28(37)34-14-12-23(13-15-34)36-26-7-5-4-6-24(26)33-30(36)39/h4-11,19-20,23H,12-18H2,1-3H3,(H,31,38)(H,33,39). The van der Waals surface area contributed by atoms with Gasteiger partial charge < -0.3 is 24.8 Å². The molecule has 2 aromatic carbocycles. The summed E-state index contributed by atoms with van der Waals surface area (Å²) in [5.41, 5.74) is 3.90. The molecule has 1 saturated heterocycles. The van der Waals surface area contributed by atoms with Crippen molar-refractivity contribution in [1.82, 2.24) is 24.3 Å². The fourth-order valence-electron chi connectivity index (χ4n) is 5.18. The van der Waals surface area contributed by atoms with Gasteiger partial charge in [0.15, 0.2) is 0 Å². The SMILES string of the molecule is COCCN(Cc1nc(C(=O)N2CCC(n3c(=O)[nH]c4ccccc43)CC2)cs1)C(=O)Nc1ccc(C(C)C)cc1. The Morgan fingerprint density at radius 3 is 2.59 bits per heavy atom. The number of hydrogen-bond acceptors (Lipinski definition) is 6. The molecule has 0 saturated carbocycles. The molecule has 5 rings (SSSR count). The highest BCUT2D eigenvalue weighted by Crippen LogP contribution is 2.26. The third-order valence-corrected chi connectivity index (χ3v) is 8.35. The highest BCUT2D eigenvalue weighted by atomic mass is 32.1. The molecule has 41 heavy (non-hydrogen) atoms. The van der Waals surface area contributed by atoms with Crippen molar-refractivity contribution in [2.24, 2.45) is 0 Å². The quantitative estimate of drug-likeness (QED) is 0.289. The minimum atomic E-state index is -0.253. The molecule has 2 N–H and O–H groups in total. The Bertz CT molecular complexity index is 1550. The molecular weight excluding hydrogens is 540 g/mol. The lowest BCUT2D eigenvalue weighted by Crippen LogP contribution is -2.40. The molecule has 216 valence electrons. The van der Waals surface area contributed by atoms with Gasteiger partial charge in [-0.05, 0) is 48.6 Å². The maximum absolute atomic E-state index is 13.3. The van der Waals surface area contributed by atoms with Crippen LogP contribution in [0.4, 0.5) is 10.5 Å². The number of hydrogen-bond donors (Lipinski definition) is 2. The van der Waals surface area contributed by atoms with E-state index in [1.165, 1.54) is 16.9 Å². The van der Waals surface area contributed by atoms with E-state index in [4.69, 9.17) is 4.74 Å². The summed E-state index contributed by atoms with van der Waals surface area (Å²) in [5.74, 6) is 0.283. The number of rotatable bonds is 9. The monoisotopic (exact) mass is 576 g/mol. The third-order valence-electron chi connectivity index (χ3n) is 7.52. The zero-order valence-corrected chi connectivity index (χ0v) is 24.4. The van der Waals surface area contributed by atoms with E-state index >= 15 is 0 Å². The van der Waals surface area contributed by atoms with E-state index in [2.05, 4.69) is 29.1 Å². The molecule has 4 aromatic rings. The van der Waals surface area contributed by atoms with Crippen LogP contribution in [0.5, 0.6) is 0 Å². The summed E-state index contributed by atoms with van der Waals surface area (Å²) in [4.78, 5) is 49.9. The number of methoxy groups -OCH3 is 1. The number of H-pyrrole nitrogens is 1. The number of aromatic nitrogens is 3. The summed E-state index contributed by atoms with van der Waals surface area (Å²) in [7, 11) is 1.60. The Morgan fingerprint density at radius 2 is 1.88 bits per heavy atom. The lowest BCUT2D eigenvalue weighted by molar-refractivity contribution is 0.0689. The van der Waals surface area contributed by atoms with Crippen molar-refractivity contribution in [3.8, 4) is 0 Å². The van der Waals surface area contributed by atoms with Crippen LogP contribution in [0.25, 0.3) is 11.0 Å². The summed E-state index contributed by atoms with van der Waals surface area (Å²) in [5, 5.41) is 5.39. The number of likely N-dealkylation sites (tertiary alicyclic amines) is 1. The predicted molar refractivity (Wildman–Crippen MR) is 161 cm³/mol. The number of thiazole rings is 1. The number of nitrogens with one attached hydrogen (secondary N) is 2. The zero-order chi connectivity index (χ0) is 28.9. The number of urea groups is 1. The maximum atomic E-state index is 13.3. The van der Waals surface area contributed by atoms with E-state index in [1.54, 1.807) is 22.3 Å². The number of imidazole rings is 1. The molecule has 0 bridgehead atoms. The van der Waals surface area contributed by atoms with E-state index in [0.29, 0.717) is 55.7 Å². The second kappa shape index (κ2) is 12.7. The van der Waals surface area contributed by atoms with Gasteiger partial charge >= 0.3 is 11.7 Å². The Balaban J connectivity index is 1.20. The topological polar surface area (TPSA) is 113 Å². The first-order chi connectivity index (χ1) is 19.8. The van der Waals surface area contributed by atoms with Gasteiger partial charge in [-0.3, -0.25) is 9.36 Å². The van der Waals surface area contributed by atoms with Crippen molar-refractivity contribution < 1.29 is 14.3 Å². The van der Waals surface area contributed by atoms with Crippen molar-refractivity contribution in [1.29, 1.82) is 0 Å². The van der Waals surface area contributed by atoms with E-state index in [9.17, 15) is 14.4 Å². The van der Waals surface area contributed by atoms with E-state index in [-0.39, 0.29) is 30.2 Å². The number of para-hydroxylation sites is 2. The molecule has 0 unspecified atom stereocenters. The van der Waals surface area contributed by atoms with Gasteiger partial charge in [-0.2, -0.15) is 0 Å². The van der Waals surface area contributed by atoms with Crippen LogP contribution in [0, 0.1) is 0 Å². The Morgan fingerprint density at radius 1 is 1.15 bits per heavy atom. The molecule has 0 aliphatic carbocycles. The van der Waals surface area contributed by atoms with Crippen LogP contribution in [0.15, 0.2) is 58.7 Å². The van der Waals surface area contributed by atoms with Crippen LogP contribution in [0.2, 0.25) is 0 Å². The second-order valence-corrected chi connectivity index (χ2v) is 11.5. The highest BCUT2D eigenvalue weighted by Gasteiger charge is 2.28. The normalized spacial score (nSPS) is 14.1. The maximum Gasteiger partial charge on any atom is 0.326 e. The average Bonchev–Trinajstić information content (AvgIpc) is 3.58. The highest BCUT2D eigenvalue weighted by molar-refractivity contribution is 7.09. The summed E-state index contributed by atoms with van der Waals surface area (Å²) in [6.45, 7) is 6.37. The van der Waals surface area contributed by atoms with E-state index < -0.39 is 0 Å². The van der Waals surface area contributed by atoms with Gasteiger partial charge in [0.05, 0.1) is 24.2 Å². The Labute approximate surface area is 242 Å². The minimum Gasteiger partial charge on any atom is -0.383 e. The van der Waals surface area contributed by atoms with Gasteiger partial charge in [0.25, 0.3) is 5.91 Å². The first-order valence-electron chi connectivity index (χ1n) is 13.9. The van der Waals surface area contributed by atoms with Gasteiger partial charge in [-0.15, -0.1) is 11.3 Å². The van der Waals surface area contributed by atoms with E-state index in [0.717, 1.165) is 16.7 Å². The van der Waals surface area contributed by atoms with Crippen molar-refractivity contribution in [2.45, 2.75) is 45.2 Å². The molecular formula is C30H36N6O4S. The molecule has 3 amide bonds. The lowest BCUT2D eigenvalue weighted by Gasteiger charge is -2.32. The van der Waals surface area contributed by atoms with Crippen molar-refractivity contribution in [3.05, 3.63) is 80.7 Å². The first-order valence-corrected chi connectivity index (χ1v) is 14.8. The zero-order valence-electron chi connectivity index (χ0n) is 23.6. The van der Waals surface area contributed by atoms with Crippen LogP contribution in [0.1, 0.15) is 59.7 Å². The van der Waals surface area contributed by atoms with Crippen molar-refractivity contribution in [2.75, 3.05) is 38.7 Å². The summed E-state index contributed by atoms with van der Waals surface area (Å²) in [6, 6.07) is 15.3. The van der Waals surface area contributed by atoms with Crippen LogP contribution in [0.3, 0.4) is 0 Å². The summed E-state index contributed by atoms with van der Waals surface area (Å²) in [6.07, 6.45) is 1.38. The number of carbonyl (C=O) groups excluding carboxylic acids is 2. The van der Waals surface area contributed by atoms with Gasteiger partial charge in [0.1, 0.15) is 10.7 Å². The number of benzene rings is 2. The molecule has 2 aromatic heterocycles. The van der Waals surface area contributed by atoms with Crippen LogP contribution in [-0.4, -0.2) is 69.6 Å². The van der Waals surface area contributed by atoms with E-state index in [1.807, 2.05) is 53.1 Å². The average molecular weight is 577 g/mol. The third kappa shape index (κ3) is 6.52. The Kier molecular flexibility index (Phi) is 8.84. The molecule has 1 aliphatic heterocycles. The van der Waals surface area contributed by atoms with Crippen LogP contribution >= 0.6 is 11.3 Å². The lowest BCUT2D eigenvalue weighted by atomic mass is 10.0. The number of anilines is 1. The first kappa shape index (κ1) is 28.6. The fourth-order valence-corrected chi connectivity index (χ4v) is 5.96. The van der Waals surface area contributed by atoms with Gasteiger partial charge in [0.2, 0.25) is 0 Å². The van der Waals surface area contributed by atoms with Crippen molar-refractivity contribution >= 4 is 40.0 Å². The molecule has 3 heterocycles. The fraction of sp³-hybridized carbons (Fsp3) is 0.400.